The van der Waals surface area contributed by atoms with Crippen LogP contribution in [0.4, 0.5) is 5.69 Å². The largest absolute Gasteiger partial charge is 0.540 e. The van der Waals surface area contributed by atoms with Crippen LogP contribution in [0, 0.1) is 27.4 Å². The Balaban J connectivity index is 1.70. The average molecular weight is 550 g/mol. The number of nitro groups is 1. The van der Waals surface area contributed by atoms with Crippen molar-refractivity contribution in [3.05, 3.63) is 33.4 Å². The van der Waals surface area contributed by atoms with E-state index in [1.54, 1.807) is 0 Å². The minimum Gasteiger partial charge on any atom is -0.540 e. The highest BCUT2D eigenvalue weighted by molar-refractivity contribution is 6.70. The van der Waals surface area contributed by atoms with Gasteiger partial charge in [0.25, 0.3) is 0 Å². The molecule has 1 aromatic carbocycles. The van der Waals surface area contributed by atoms with Crippen LogP contribution in [-0.4, -0.2) is 42.1 Å². The maximum absolute atomic E-state index is 12.2. The predicted octanol–water partition coefficient (Wildman–Crippen LogP) is 7.71. The van der Waals surface area contributed by atoms with Gasteiger partial charge in [0.1, 0.15) is 0 Å². The van der Waals surface area contributed by atoms with Crippen molar-refractivity contribution in [2.24, 2.45) is 17.3 Å². The molecule has 0 aliphatic heterocycles. The second kappa shape index (κ2) is 9.32. The third-order valence-electron chi connectivity index (χ3n) is 8.34. The van der Waals surface area contributed by atoms with E-state index in [4.69, 9.17) is 13.3 Å². The predicted molar refractivity (Wildman–Crippen MR) is 154 cm³/mol. The van der Waals surface area contributed by atoms with Crippen LogP contribution in [0.1, 0.15) is 49.7 Å². The summed E-state index contributed by atoms with van der Waals surface area (Å²) in [6.45, 7) is 22.4. The summed E-state index contributed by atoms with van der Waals surface area (Å²) in [6.07, 6.45) is 5.23. The Labute approximate surface area is 221 Å². The van der Waals surface area contributed by atoms with Crippen molar-refractivity contribution in [1.82, 2.24) is 0 Å². The molecular formula is C27H47NO5Si3. The molecule has 6 unspecified atom stereocenters. The molecule has 0 saturated heterocycles. The number of nitro benzene ring substituents is 1. The number of hydrogen-bond donors (Lipinski definition) is 0. The molecule has 202 valence electrons. The van der Waals surface area contributed by atoms with Crippen LogP contribution in [0.5, 0.6) is 5.75 Å². The lowest BCUT2D eigenvalue weighted by Crippen LogP contribution is -2.50. The number of rotatable bonds is 7. The molecule has 0 N–H and O–H groups in total. The molecule has 36 heavy (non-hydrogen) atoms. The zero-order valence-corrected chi connectivity index (χ0v) is 27.1. The van der Waals surface area contributed by atoms with Gasteiger partial charge >= 0.3 is 5.69 Å². The second-order valence-corrected chi connectivity index (χ2v) is 27.9. The number of fused-ring (bicyclic) bond motifs is 5. The third kappa shape index (κ3) is 5.55. The van der Waals surface area contributed by atoms with Gasteiger partial charge < -0.3 is 13.3 Å². The van der Waals surface area contributed by atoms with Gasteiger partial charge in [-0.2, -0.15) is 0 Å². The van der Waals surface area contributed by atoms with E-state index in [1.807, 2.05) is 6.07 Å². The molecular weight excluding hydrogens is 503 g/mol. The van der Waals surface area contributed by atoms with E-state index < -0.39 is 25.0 Å². The summed E-state index contributed by atoms with van der Waals surface area (Å²) in [5, 5.41) is 12.2. The van der Waals surface area contributed by atoms with E-state index in [9.17, 15) is 10.1 Å². The Morgan fingerprint density at radius 3 is 2.14 bits per heavy atom. The highest BCUT2D eigenvalue weighted by Crippen LogP contribution is 2.63. The van der Waals surface area contributed by atoms with Crippen LogP contribution in [0.3, 0.4) is 0 Å². The summed E-state index contributed by atoms with van der Waals surface area (Å²) < 4.78 is 19.9. The zero-order valence-electron chi connectivity index (χ0n) is 24.1. The molecule has 0 bridgehead atoms. The first kappa shape index (κ1) is 28.0. The molecule has 0 amide bonds. The van der Waals surface area contributed by atoms with E-state index in [0.29, 0.717) is 23.5 Å². The van der Waals surface area contributed by atoms with Crippen LogP contribution >= 0.6 is 0 Å². The summed E-state index contributed by atoms with van der Waals surface area (Å²) in [4.78, 5) is 12.0. The zero-order chi connectivity index (χ0) is 26.8. The van der Waals surface area contributed by atoms with E-state index in [2.05, 4.69) is 71.9 Å². The van der Waals surface area contributed by atoms with Crippen LogP contribution in [0.15, 0.2) is 12.1 Å². The van der Waals surface area contributed by atoms with Crippen molar-refractivity contribution in [3.8, 4) is 5.75 Å². The molecule has 3 aliphatic carbocycles. The number of hydrogen-bond acceptors (Lipinski definition) is 5. The van der Waals surface area contributed by atoms with Gasteiger partial charge in [0.2, 0.25) is 8.32 Å². The van der Waals surface area contributed by atoms with E-state index in [-0.39, 0.29) is 28.2 Å². The van der Waals surface area contributed by atoms with E-state index in [0.717, 1.165) is 37.7 Å². The van der Waals surface area contributed by atoms with E-state index in [1.165, 1.54) is 5.56 Å². The van der Waals surface area contributed by atoms with Gasteiger partial charge in [-0.25, -0.2) is 0 Å². The fourth-order valence-electron chi connectivity index (χ4n) is 7.34. The molecule has 2 saturated carbocycles. The third-order valence-corrected chi connectivity index (χ3v) is 11.1. The lowest BCUT2D eigenvalue weighted by molar-refractivity contribution is -0.386. The fourth-order valence-corrected chi connectivity index (χ4v) is 10.5. The highest BCUT2D eigenvalue weighted by atomic mass is 28.4. The molecule has 0 heterocycles. The standard InChI is InChI=1S/C27H47NO5Si3/c1-27-16-15-19-18-13-14-23(31-34(2,3)4)25(28(29)30)21(18)12-11-20(19)22(27)17-24(32-35(5,6)7)26(27)33-36(8,9)10/h13-14,19-20,22,24,26H,11-12,15-17H2,1-10H3. The normalized spacial score (nSPS) is 32.4. The average Bonchev–Trinajstić information content (AvgIpc) is 2.95. The number of benzene rings is 1. The molecule has 2 fully saturated rings. The second-order valence-electron chi connectivity index (χ2n) is 14.6. The first-order valence-electron chi connectivity index (χ1n) is 13.7. The quantitative estimate of drug-likeness (QED) is 0.198. The Kier molecular flexibility index (Phi) is 7.25. The molecule has 0 aromatic heterocycles. The molecule has 3 aliphatic rings. The van der Waals surface area contributed by atoms with Crippen LogP contribution in [-0.2, 0) is 15.3 Å². The van der Waals surface area contributed by atoms with Crippen LogP contribution in [0.25, 0.3) is 0 Å². The maximum Gasteiger partial charge on any atom is 0.312 e. The molecule has 6 nitrogen and oxygen atoms in total. The van der Waals surface area contributed by atoms with Crippen molar-refractivity contribution in [2.75, 3.05) is 0 Å². The summed E-state index contributed by atoms with van der Waals surface area (Å²) in [5.74, 6) is 1.86. The number of nitrogens with zero attached hydrogens (tertiary/aromatic N) is 1. The van der Waals surface area contributed by atoms with Gasteiger partial charge in [-0.3, -0.25) is 10.1 Å². The van der Waals surface area contributed by atoms with Crippen LogP contribution in [0.2, 0.25) is 58.9 Å². The molecule has 0 spiro atoms. The van der Waals surface area contributed by atoms with Gasteiger partial charge in [0.05, 0.1) is 17.1 Å². The van der Waals surface area contributed by atoms with Crippen LogP contribution < -0.4 is 4.43 Å². The first-order chi connectivity index (χ1) is 16.4. The molecule has 4 rings (SSSR count). The van der Waals surface area contributed by atoms with Crippen molar-refractivity contribution in [3.63, 3.8) is 0 Å². The van der Waals surface area contributed by atoms with Gasteiger partial charge in [-0.15, -0.1) is 0 Å². The molecule has 1 aromatic rings. The summed E-state index contributed by atoms with van der Waals surface area (Å²) in [7, 11) is -5.46. The topological polar surface area (TPSA) is 70.8 Å². The Morgan fingerprint density at radius 1 is 0.944 bits per heavy atom. The minimum atomic E-state index is -1.96. The lowest BCUT2D eigenvalue weighted by atomic mass is 9.55. The SMILES string of the molecule is CC12CCC3c4ccc(O[Si](C)(C)C)c([N+](=O)[O-])c4CCC3C1CC(O[Si](C)(C)C)C2O[Si](C)(C)C. The molecule has 0 radical (unpaired) electrons. The summed E-state index contributed by atoms with van der Waals surface area (Å²) in [6, 6.07) is 4.03. The Morgan fingerprint density at radius 2 is 1.58 bits per heavy atom. The maximum atomic E-state index is 12.2. The summed E-state index contributed by atoms with van der Waals surface area (Å²) in [5.41, 5.74) is 2.42. The van der Waals surface area contributed by atoms with Gasteiger partial charge in [-0.05, 0) is 126 Å². The molecule has 9 heteroatoms. The van der Waals surface area contributed by atoms with Crippen molar-refractivity contribution < 1.29 is 18.2 Å². The first-order valence-corrected chi connectivity index (χ1v) is 24.0. The van der Waals surface area contributed by atoms with Crippen molar-refractivity contribution in [2.45, 2.75) is 116 Å². The highest BCUT2D eigenvalue weighted by Gasteiger charge is 2.60. The Hall–Kier alpha value is -1.01. The van der Waals surface area contributed by atoms with E-state index >= 15 is 0 Å². The minimum absolute atomic E-state index is 0.0933. The van der Waals surface area contributed by atoms with Gasteiger partial charge in [0.15, 0.2) is 22.4 Å². The van der Waals surface area contributed by atoms with Gasteiger partial charge in [0, 0.05) is 5.56 Å². The lowest BCUT2D eigenvalue weighted by Gasteiger charge is -2.51. The smallest absolute Gasteiger partial charge is 0.312 e. The van der Waals surface area contributed by atoms with Gasteiger partial charge in [-0.1, -0.05) is 13.0 Å². The fraction of sp³-hybridized carbons (Fsp3) is 0.778. The molecule has 6 atom stereocenters. The monoisotopic (exact) mass is 549 g/mol. The van der Waals surface area contributed by atoms with Crippen molar-refractivity contribution >= 4 is 30.6 Å². The summed E-state index contributed by atoms with van der Waals surface area (Å²) >= 11 is 0. The Bertz CT molecular complexity index is 1010. The van der Waals surface area contributed by atoms with Crippen molar-refractivity contribution in [1.29, 1.82) is 0 Å².